The third kappa shape index (κ3) is 11.0. The number of carbonyl (C=O) groups excluding carboxylic acids is 2. The van der Waals surface area contributed by atoms with Crippen molar-refractivity contribution in [1.82, 2.24) is 15.5 Å². The molecule has 1 aliphatic heterocycles. The Kier molecular flexibility index (Phi) is 12.4. The number of alkyl halides is 3. The topological polar surface area (TPSA) is 90.9 Å². The summed E-state index contributed by atoms with van der Waals surface area (Å²) in [6.45, 7) is 3.58. The van der Waals surface area contributed by atoms with Gasteiger partial charge in [0, 0.05) is 45.1 Å². The maximum atomic E-state index is 14.4. The minimum absolute atomic E-state index is 0.0195. The van der Waals surface area contributed by atoms with E-state index in [2.05, 4.69) is 10.6 Å². The molecule has 2 aromatic rings. The van der Waals surface area contributed by atoms with Crippen molar-refractivity contribution in [2.45, 2.75) is 76.7 Å². The molecule has 1 heterocycles. The van der Waals surface area contributed by atoms with E-state index in [9.17, 15) is 32.3 Å². The maximum Gasteiger partial charge on any atom is 0.416 e. The van der Waals surface area contributed by atoms with Crippen LogP contribution in [0.4, 0.5) is 17.6 Å². The zero-order valence-corrected chi connectivity index (χ0v) is 23.3. The average Bonchev–Trinajstić information content (AvgIpc) is 2.91. The fourth-order valence-corrected chi connectivity index (χ4v) is 4.79. The van der Waals surface area contributed by atoms with Crippen LogP contribution in [-0.2, 0) is 28.7 Å². The molecule has 41 heavy (non-hydrogen) atoms. The van der Waals surface area contributed by atoms with E-state index < -0.39 is 29.7 Å². The highest BCUT2D eigenvalue weighted by Crippen LogP contribution is 2.29. The van der Waals surface area contributed by atoms with Crippen LogP contribution in [0.25, 0.3) is 0 Å². The number of hydrogen-bond acceptors (Lipinski definition) is 5. The maximum absolute atomic E-state index is 14.4. The van der Waals surface area contributed by atoms with Crippen molar-refractivity contribution in [2.75, 3.05) is 26.2 Å². The van der Waals surface area contributed by atoms with Crippen LogP contribution in [0.2, 0.25) is 0 Å². The molecular weight excluding hydrogens is 542 g/mol. The van der Waals surface area contributed by atoms with Crippen LogP contribution >= 0.6 is 0 Å². The molecule has 3 N–H and O–H groups in total. The first-order valence-electron chi connectivity index (χ1n) is 14.1. The van der Waals surface area contributed by atoms with Gasteiger partial charge in [0.05, 0.1) is 24.3 Å². The zero-order chi connectivity index (χ0) is 29.8. The summed E-state index contributed by atoms with van der Waals surface area (Å²) in [4.78, 5) is 27.3. The lowest BCUT2D eigenvalue weighted by atomic mass is 10.00. The van der Waals surface area contributed by atoms with Crippen LogP contribution in [-0.4, -0.2) is 60.2 Å². The Morgan fingerprint density at radius 2 is 1.93 bits per heavy atom. The number of aliphatic hydroxyl groups excluding tert-OH is 1. The second-order valence-corrected chi connectivity index (χ2v) is 10.4. The number of benzene rings is 2. The van der Waals surface area contributed by atoms with E-state index in [-0.39, 0.29) is 44.2 Å². The van der Waals surface area contributed by atoms with E-state index in [0.29, 0.717) is 49.4 Å². The number of fused-ring (bicyclic) bond motifs is 2. The fourth-order valence-electron chi connectivity index (χ4n) is 4.79. The van der Waals surface area contributed by atoms with Crippen molar-refractivity contribution in [3.05, 3.63) is 65.0 Å². The fraction of sp³-hybridized carbons (Fsp3) is 0.533. The number of nitrogens with one attached hydrogen (secondary N) is 2. The number of aliphatic hydroxyl groups is 1. The summed E-state index contributed by atoms with van der Waals surface area (Å²) in [6.07, 6.45) is -2.64. The van der Waals surface area contributed by atoms with E-state index in [0.717, 1.165) is 25.0 Å². The van der Waals surface area contributed by atoms with Gasteiger partial charge in [-0.3, -0.25) is 9.59 Å². The second-order valence-electron chi connectivity index (χ2n) is 10.4. The molecule has 2 atom stereocenters. The summed E-state index contributed by atoms with van der Waals surface area (Å²) in [6, 6.07) is 8.30. The van der Waals surface area contributed by atoms with Gasteiger partial charge >= 0.3 is 6.18 Å². The number of amides is 2. The van der Waals surface area contributed by atoms with Gasteiger partial charge in [-0.25, -0.2) is 4.39 Å². The number of carbonyl (C=O) groups is 2. The highest BCUT2D eigenvalue weighted by Gasteiger charge is 2.30. The van der Waals surface area contributed by atoms with E-state index in [1.807, 2.05) is 6.92 Å². The standard InChI is InChI=1S/C30H39F4N3O4/c1-2-11-37-12-3-4-13-41-25-16-22(15-24(31)18-25)17-26(36-28(39)9-6-10-29(37)40)27(38)20-35-19-21-7-5-8-23(14-21)30(32,33)34/h5,7-8,14-16,18,26-27,35,38H,2-4,6,9-13,17,19-20H2,1H3,(H,36,39). The van der Waals surface area contributed by atoms with Gasteiger partial charge in [-0.1, -0.05) is 25.1 Å². The molecule has 0 aliphatic carbocycles. The van der Waals surface area contributed by atoms with Gasteiger partial charge < -0.3 is 25.4 Å². The Bertz CT molecular complexity index is 1140. The Balaban J connectivity index is 1.71. The van der Waals surface area contributed by atoms with Crippen LogP contribution in [0.5, 0.6) is 5.75 Å². The minimum Gasteiger partial charge on any atom is -0.493 e. The third-order valence-corrected chi connectivity index (χ3v) is 6.87. The summed E-state index contributed by atoms with van der Waals surface area (Å²) in [5.41, 5.74) is 0.132. The lowest BCUT2D eigenvalue weighted by Gasteiger charge is -2.25. The van der Waals surface area contributed by atoms with E-state index in [1.54, 1.807) is 17.0 Å². The van der Waals surface area contributed by atoms with Crippen LogP contribution in [0.15, 0.2) is 42.5 Å². The SMILES string of the molecule is CCCN1CCCCOc2cc(F)cc(c2)CC(C(O)CNCc2cccc(C(F)(F)F)c2)NC(=O)CCCC1=O. The predicted molar refractivity (Wildman–Crippen MR) is 147 cm³/mol. The third-order valence-electron chi connectivity index (χ3n) is 6.87. The second kappa shape index (κ2) is 15.7. The van der Waals surface area contributed by atoms with Gasteiger partial charge in [-0.15, -0.1) is 0 Å². The molecule has 2 bridgehead atoms. The van der Waals surface area contributed by atoms with E-state index >= 15 is 0 Å². The van der Waals surface area contributed by atoms with Crippen LogP contribution < -0.4 is 15.4 Å². The summed E-state index contributed by atoms with van der Waals surface area (Å²) >= 11 is 0. The molecule has 7 nitrogen and oxygen atoms in total. The van der Waals surface area contributed by atoms with E-state index in [1.165, 1.54) is 18.2 Å². The molecule has 0 saturated carbocycles. The van der Waals surface area contributed by atoms with Gasteiger partial charge in [0.15, 0.2) is 0 Å². The number of ether oxygens (including phenoxy) is 1. The van der Waals surface area contributed by atoms with Gasteiger partial charge in [0.25, 0.3) is 0 Å². The van der Waals surface area contributed by atoms with Crippen molar-refractivity contribution in [1.29, 1.82) is 0 Å². The molecule has 2 unspecified atom stereocenters. The number of rotatable bonds is 7. The number of halogens is 4. The quantitative estimate of drug-likeness (QED) is 0.416. The molecule has 2 aromatic carbocycles. The highest BCUT2D eigenvalue weighted by molar-refractivity contribution is 5.79. The Morgan fingerprint density at radius 1 is 1.12 bits per heavy atom. The summed E-state index contributed by atoms with van der Waals surface area (Å²) in [7, 11) is 0. The molecule has 0 fully saturated rings. The predicted octanol–water partition coefficient (Wildman–Crippen LogP) is 4.60. The minimum atomic E-state index is -4.46. The molecule has 0 saturated heterocycles. The first-order valence-corrected chi connectivity index (χ1v) is 14.1. The molecule has 3 rings (SSSR count). The molecule has 11 heteroatoms. The largest absolute Gasteiger partial charge is 0.493 e. The normalized spacial score (nSPS) is 18.8. The van der Waals surface area contributed by atoms with Crippen molar-refractivity contribution in [3.8, 4) is 5.75 Å². The zero-order valence-electron chi connectivity index (χ0n) is 23.3. The highest BCUT2D eigenvalue weighted by atomic mass is 19.4. The Labute approximate surface area is 238 Å². The molecule has 0 radical (unpaired) electrons. The number of nitrogens with zero attached hydrogens (tertiary/aromatic N) is 1. The first-order chi connectivity index (χ1) is 19.5. The first kappa shape index (κ1) is 32.3. The lowest BCUT2D eigenvalue weighted by Crippen LogP contribution is -2.48. The average molecular weight is 582 g/mol. The van der Waals surface area contributed by atoms with Crippen LogP contribution in [0.1, 0.15) is 62.1 Å². The van der Waals surface area contributed by atoms with Crippen molar-refractivity contribution >= 4 is 11.8 Å². The van der Waals surface area contributed by atoms with Gasteiger partial charge in [0.2, 0.25) is 11.8 Å². The summed E-state index contributed by atoms with van der Waals surface area (Å²) in [5.74, 6) is -0.571. The number of hydrogen-bond donors (Lipinski definition) is 3. The summed E-state index contributed by atoms with van der Waals surface area (Å²) < 4.78 is 59.3. The van der Waals surface area contributed by atoms with Crippen molar-refractivity contribution < 1.29 is 37.0 Å². The molecule has 2 amide bonds. The van der Waals surface area contributed by atoms with Crippen LogP contribution in [0.3, 0.4) is 0 Å². The van der Waals surface area contributed by atoms with Gasteiger partial charge in [-0.05, 0) is 61.4 Å². The Morgan fingerprint density at radius 3 is 2.68 bits per heavy atom. The van der Waals surface area contributed by atoms with Crippen molar-refractivity contribution in [2.24, 2.45) is 0 Å². The Hall–Kier alpha value is -3.18. The van der Waals surface area contributed by atoms with Gasteiger partial charge in [-0.2, -0.15) is 13.2 Å². The van der Waals surface area contributed by atoms with Gasteiger partial charge in [0.1, 0.15) is 11.6 Å². The molecule has 0 spiro atoms. The molecule has 0 aromatic heterocycles. The molecular formula is C30H39F4N3O4. The monoisotopic (exact) mass is 581 g/mol. The smallest absolute Gasteiger partial charge is 0.416 e. The summed E-state index contributed by atoms with van der Waals surface area (Å²) in [5, 5.41) is 16.7. The molecule has 1 aliphatic rings. The van der Waals surface area contributed by atoms with E-state index in [4.69, 9.17) is 4.74 Å². The van der Waals surface area contributed by atoms with Crippen LogP contribution in [0, 0.1) is 5.82 Å². The molecule has 226 valence electrons. The lowest BCUT2D eigenvalue weighted by molar-refractivity contribution is -0.137. The van der Waals surface area contributed by atoms with Crippen molar-refractivity contribution in [3.63, 3.8) is 0 Å².